The van der Waals surface area contributed by atoms with E-state index >= 15 is 0 Å². The summed E-state index contributed by atoms with van der Waals surface area (Å²) in [6.07, 6.45) is 2.52. The number of aromatic nitrogens is 2. The van der Waals surface area contributed by atoms with Gasteiger partial charge in [0.25, 0.3) is 0 Å². The van der Waals surface area contributed by atoms with E-state index in [1.165, 1.54) is 0 Å². The molecule has 1 aromatic carbocycles. The van der Waals surface area contributed by atoms with Crippen LogP contribution in [-0.2, 0) is 6.54 Å². The predicted octanol–water partition coefficient (Wildman–Crippen LogP) is 2.33. The second kappa shape index (κ2) is 5.01. The summed E-state index contributed by atoms with van der Waals surface area (Å²) in [5.74, 6) is 1.92. The second-order valence-electron chi connectivity index (χ2n) is 4.37. The maximum absolute atomic E-state index is 6.23. The lowest BCUT2D eigenvalue weighted by atomic mass is 10.2. The number of hydrogen-bond donors (Lipinski definition) is 1. The first-order valence-electron chi connectivity index (χ1n) is 6.09. The quantitative estimate of drug-likeness (QED) is 0.916. The predicted molar refractivity (Wildman–Crippen MR) is 72.8 cm³/mol. The minimum atomic E-state index is 0.551. The summed E-state index contributed by atoms with van der Waals surface area (Å²) in [4.78, 5) is 0. The Hall–Kier alpha value is -1.88. The molecule has 0 fully saturated rings. The van der Waals surface area contributed by atoms with Crippen molar-refractivity contribution in [3.05, 3.63) is 35.0 Å². The van der Waals surface area contributed by atoms with Gasteiger partial charge in [0.1, 0.15) is 5.82 Å². The Balaban J connectivity index is 1.93. The zero-order chi connectivity index (χ0) is 13.2. The topological polar surface area (TPSA) is 62.3 Å². The van der Waals surface area contributed by atoms with E-state index in [0.717, 1.165) is 12.0 Å². The van der Waals surface area contributed by atoms with Crippen molar-refractivity contribution < 1.29 is 9.47 Å². The number of fused-ring (bicyclic) bond motifs is 1. The van der Waals surface area contributed by atoms with Gasteiger partial charge in [0, 0.05) is 6.42 Å². The first-order chi connectivity index (χ1) is 9.24. The Bertz CT molecular complexity index is 598. The molecule has 100 valence electrons. The van der Waals surface area contributed by atoms with Gasteiger partial charge in [-0.3, -0.25) is 0 Å². The number of rotatable bonds is 2. The van der Waals surface area contributed by atoms with Gasteiger partial charge in [0.2, 0.25) is 0 Å². The summed E-state index contributed by atoms with van der Waals surface area (Å²) in [7, 11) is 0. The standard InChI is InChI=1S/C13H14ClN3O2/c14-10-6-9(8-17-12(15)2-3-16-17)7-11-13(10)19-5-1-4-18-11/h2-3,6-7H,1,4-5,8,15H2. The van der Waals surface area contributed by atoms with Crippen molar-refractivity contribution in [3.8, 4) is 11.5 Å². The summed E-state index contributed by atoms with van der Waals surface area (Å²) in [6.45, 7) is 1.81. The number of anilines is 1. The summed E-state index contributed by atoms with van der Waals surface area (Å²) in [6, 6.07) is 5.54. The number of nitrogens with two attached hydrogens (primary N) is 1. The third-order valence-corrected chi connectivity index (χ3v) is 3.22. The van der Waals surface area contributed by atoms with Crippen LogP contribution in [0, 0.1) is 0 Å². The molecule has 0 atom stereocenters. The van der Waals surface area contributed by atoms with Crippen molar-refractivity contribution in [1.29, 1.82) is 0 Å². The van der Waals surface area contributed by atoms with Crippen LogP contribution in [0.3, 0.4) is 0 Å². The molecule has 0 radical (unpaired) electrons. The average Bonchev–Trinajstić information content (AvgIpc) is 2.65. The van der Waals surface area contributed by atoms with Crippen molar-refractivity contribution in [1.82, 2.24) is 9.78 Å². The largest absolute Gasteiger partial charge is 0.489 e. The maximum Gasteiger partial charge on any atom is 0.179 e. The highest BCUT2D eigenvalue weighted by Gasteiger charge is 2.16. The molecule has 0 spiro atoms. The highest BCUT2D eigenvalue weighted by atomic mass is 35.5. The van der Waals surface area contributed by atoms with E-state index in [4.69, 9.17) is 26.8 Å². The first-order valence-corrected chi connectivity index (χ1v) is 6.47. The number of nitrogens with zero attached hydrogens (tertiary/aromatic N) is 2. The van der Waals surface area contributed by atoms with E-state index in [-0.39, 0.29) is 0 Å². The van der Waals surface area contributed by atoms with Gasteiger partial charge < -0.3 is 15.2 Å². The van der Waals surface area contributed by atoms with Crippen LogP contribution in [0.25, 0.3) is 0 Å². The molecule has 0 bridgehead atoms. The van der Waals surface area contributed by atoms with Crippen LogP contribution in [0.5, 0.6) is 11.5 Å². The second-order valence-corrected chi connectivity index (χ2v) is 4.78. The van der Waals surface area contributed by atoms with E-state index in [1.54, 1.807) is 16.9 Å². The van der Waals surface area contributed by atoms with E-state index in [0.29, 0.717) is 42.1 Å². The van der Waals surface area contributed by atoms with Gasteiger partial charge >= 0.3 is 0 Å². The summed E-state index contributed by atoms with van der Waals surface area (Å²) in [5, 5.41) is 4.70. The van der Waals surface area contributed by atoms with E-state index in [2.05, 4.69) is 5.10 Å². The van der Waals surface area contributed by atoms with Gasteiger partial charge in [0.05, 0.1) is 31.0 Å². The van der Waals surface area contributed by atoms with Gasteiger partial charge in [-0.15, -0.1) is 0 Å². The molecule has 0 amide bonds. The number of hydrogen-bond acceptors (Lipinski definition) is 4. The van der Waals surface area contributed by atoms with Crippen LogP contribution in [0.15, 0.2) is 24.4 Å². The molecule has 0 saturated heterocycles. The Morgan fingerprint density at radius 3 is 2.95 bits per heavy atom. The van der Waals surface area contributed by atoms with Crippen LogP contribution in [0.1, 0.15) is 12.0 Å². The molecule has 5 nitrogen and oxygen atoms in total. The maximum atomic E-state index is 6.23. The molecule has 2 aromatic rings. The number of ether oxygens (including phenoxy) is 2. The van der Waals surface area contributed by atoms with E-state index < -0.39 is 0 Å². The SMILES string of the molecule is Nc1ccnn1Cc1cc(Cl)c2c(c1)OCCCO2. The van der Waals surface area contributed by atoms with Crippen molar-refractivity contribution in [2.75, 3.05) is 18.9 Å². The zero-order valence-corrected chi connectivity index (χ0v) is 11.1. The lowest BCUT2D eigenvalue weighted by Gasteiger charge is -2.12. The molecular weight excluding hydrogens is 266 g/mol. The van der Waals surface area contributed by atoms with Crippen molar-refractivity contribution >= 4 is 17.4 Å². The average molecular weight is 280 g/mol. The summed E-state index contributed by atoms with van der Waals surface area (Å²) in [5.41, 5.74) is 6.78. The Labute approximate surface area is 115 Å². The third kappa shape index (κ3) is 2.46. The zero-order valence-electron chi connectivity index (χ0n) is 10.3. The minimum absolute atomic E-state index is 0.551. The smallest absolute Gasteiger partial charge is 0.179 e. The number of halogens is 1. The summed E-state index contributed by atoms with van der Waals surface area (Å²) >= 11 is 6.23. The number of benzene rings is 1. The van der Waals surface area contributed by atoms with E-state index in [1.807, 2.05) is 12.1 Å². The first kappa shape index (κ1) is 12.2. The normalized spacial score (nSPS) is 14.2. The summed E-state index contributed by atoms with van der Waals surface area (Å²) < 4.78 is 12.9. The highest BCUT2D eigenvalue weighted by Crippen LogP contribution is 2.38. The molecule has 3 rings (SSSR count). The van der Waals surface area contributed by atoms with Crippen LogP contribution in [0.4, 0.5) is 5.82 Å². The molecule has 1 aliphatic heterocycles. The Morgan fingerprint density at radius 1 is 1.32 bits per heavy atom. The molecule has 0 saturated carbocycles. The Morgan fingerprint density at radius 2 is 2.16 bits per heavy atom. The molecule has 6 heteroatoms. The van der Waals surface area contributed by atoms with Gasteiger partial charge in [-0.05, 0) is 23.8 Å². The fraction of sp³-hybridized carbons (Fsp3) is 0.308. The Kier molecular flexibility index (Phi) is 3.21. The van der Waals surface area contributed by atoms with Crippen molar-refractivity contribution in [3.63, 3.8) is 0 Å². The molecule has 19 heavy (non-hydrogen) atoms. The van der Waals surface area contributed by atoms with Crippen molar-refractivity contribution in [2.45, 2.75) is 13.0 Å². The monoisotopic (exact) mass is 279 g/mol. The van der Waals surface area contributed by atoms with Gasteiger partial charge in [-0.2, -0.15) is 5.10 Å². The minimum Gasteiger partial charge on any atom is -0.489 e. The van der Waals surface area contributed by atoms with Gasteiger partial charge in [-0.1, -0.05) is 11.6 Å². The van der Waals surface area contributed by atoms with Crippen LogP contribution in [0.2, 0.25) is 5.02 Å². The molecule has 0 unspecified atom stereocenters. The van der Waals surface area contributed by atoms with E-state index in [9.17, 15) is 0 Å². The molecule has 1 aromatic heterocycles. The fourth-order valence-corrected chi connectivity index (χ4v) is 2.31. The third-order valence-electron chi connectivity index (χ3n) is 2.94. The molecule has 2 heterocycles. The molecule has 1 aliphatic rings. The van der Waals surface area contributed by atoms with Crippen LogP contribution in [-0.4, -0.2) is 23.0 Å². The highest BCUT2D eigenvalue weighted by molar-refractivity contribution is 6.32. The van der Waals surface area contributed by atoms with Gasteiger partial charge in [0.15, 0.2) is 11.5 Å². The van der Waals surface area contributed by atoms with Gasteiger partial charge in [-0.25, -0.2) is 4.68 Å². The fourth-order valence-electron chi connectivity index (χ4n) is 2.02. The molecule has 0 aliphatic carbocycles. The lowest BCUT2D eigenvalue weighted by molar-refractivity contribution is 0.297. The molecular formula is C13H14ClN3O2. The van der Waals surface area contributed by atoms with Crippen LogP contribution >= 0.6 is 11.6 Å². The number of nitrogen functional groups attached to an aromatic ring is 1. The molecule has 2 N–H and O–H groups in total. The van der Waals surface area contributed by atoms with Crippen molar-refractivity contribution in [2.24, 2.45) is 0 Å². The van der Waals surface area contributed by atoms with Crippen LogP contribution < -0.4 is 15.2 Å². The lowest BCUT2D eigenvalue weighted by Crippen LogP contribution is -2.06.